The summed E-state index contributed by atoms with van der Waals surface area (Å²) in [5, 5.41) is 2.64. The van der Waals surface area contributed by atoms with Gasteiger partial charge in [0.2, 0.25) is 0 Å². The zero-order chi connectivity index (χ0) is 22.5. The van der Waals surface area contributed by atoms with Gasteiger partial charge in [0.15, 0.2) is 11.6 Å². The minimum atomic E-state index is -4.15. The van der Waals surface area contributed by atoms with Gasteiger partial charge in [0.25, 0.3) is 15.9 Å². The van der Waals surface area contributed by atoms with Gasteiger partial charge in [0.1, 0.15) is 5.54 Å². The highest BCUT2D eigenvalue weighted by atomic mass is 32.2. The number of carbonyl (C=O) groups is 2. The maximum atomic E-state index is 13.3. The Hall–Kier alpha value is -3.01. The molecule has 2 rings (SSSR count). The largest absolute Gasteiger partial charge is 0.467 e. The number of esters is 1. The molecule has 7 nitrogen and oxygen atoms in total. The maximum Gasteiger partial charge on any atom is 0.331 e. The number of ether oxygens (including phenoxy) is 1. The molecule has 1 unspecified atom stereocenters. The number of amides is 1. The molecule has 2 aromatic carbocycles. The smallest absolute Gasteiger partial charge is 0.331 e. The van der Waals surface area contributed by atoms with Crippen molar-refractivity contribution in [3.63, 3.8) is 0 Å². The molecule has 0 aliphatic rings. The quantitative estimate of drug-likeness (QED) is 0.614. The molecule has 0 saturated carbocycles. The van der Waals surface area contributed by atoms with E-state index in [1.807, 2.05) is 6.92 Å². The van der Waals surface area contributed by atoms with Crippen molar-refractivity contribution in [2.45, 2.75) is 37.1 Å². The second-order valence-electron chi connectivity index (χ2n) is 6.79. The van der Waals surface area contributed by atoms with Crippen LogP contribution in [0.25, 0.3) is 0 Å². The fourth-order valence-corrected chi connectivity index (χ4v) is 3.88. The summed E-state index contributed by atoms with van der Waals surface area (Å²) in [4.78, 5) is 24.1. The van der Waals surface area contributed by atoms with Gasteiger partial charge in [-0.3, -0.25) is 9.52 Å². The topological polar surface area (TPSA) is 102 Å². The highest BCUT2D eigenvalue weighted by molar-refractivity contribution is 7.92. The Morgan fingerprint density at radius 3 is 2.23 bits per heavy atom. The SMILES string of the molecule is CCCC(C)(NC(=O)c1ccc(NS(=O)(=O)c2ccc(F)c(F)c2)cc1)C(=O)OC. The minimum absolute atomic E-state index is 0.112. The van der Waals surface area contributed by atoms with Gasteiger partial charge >= 0.3 is 5.97 Å². The molecule has 2 N–H and O–H groups in total. The molecule has 0 fully saturated rings. The van der Waals surface area contributed by atoms with Crippen LogP contribution in [0.1, 0.15) is 37.0 Å². The Morgan fingerprint density at radius 1 is 1.07 bits per heavy atom. The third-order valence-electron chi connectivity index (χ3n) is 4.38. The summed E-state index contributed by atoms with van der Waals surface area (Å²) in [5.74, 6) is -3.56. The zero-order valence-electron chi connectivity index (χ0n) is 16.7. The van der Waals surface area contributed by atoms with E-state index < -0.39 is 44.0 Å². The van der Waals surface area contributed by atoms with Crippen molar-refractivity contribution in [3.05, 3.63) is 59.7 Å². The Morgan fingerprint density at radius 2 is 1.70 bits per heavy atom. The molecule has 0 heterocycles. The molecule has 10 heteroatoms. The van der Waals surface area contributed by atoms with Crippen LogP contribution in [0.5, 0.6) is 0 Å². The van der Waals surface area contributed by atoms with Crippen molar-refractivity contribution in [2.75, 3.05) is 11.8 Å². The second kappa shape index (κ2) is 9.21. The van der Waals surface area contributed by atoms with Gasteiger partial charge in [-0.25, -0.2) is 22.0 Å². The van der Waals surface area contributed by atoms with Crippen molar-refractivity contribution in [1.29, 1.82) is 0 Å². The molecule has 0 aliphatic carbocycles. The second-order valence-corrected chi connectivity index (χ2v) is 8.47. The van der Waals surface area contributed by atoms with E-state index in [9.17, 15) is 26.8 Å². The van der Waals surface area contributed by atoms with Crippen LogP contribution in [0.4, 0.5) is 14.5 Å². The van der Waals surface area contributed by atoms with Crippen LogP contribution in [-0.4, -0.2) is 32.9 Å². The third-order valence-corrected chi connectivity index (χ3v) is 5.75. The van der Waals surface area contributed by atoms with E-state index in [1.165, 1.54) is 31.4 Å². The van der Waals surface area contributed by atoms with Crippen molar-refractivity contribution < 1.29 is 31.5 Å². The Bertz CT molecular complexity index is 1040. The van der Waals surface area contributed by atoms with E-state index in [0.717, 1.165) is 6.07 Å². The third kappa shape index (κ3) is 5.32. The van der Waals surface area contributed by atoms with Gasteiger partial charge in [0, 0.05) is 11.3 Å². The van der Waals surface area contributed by atoms with Crippen molar-refractivity contribution in [1.82, 2.24) is 5.32 Å². The van der Waals surface area contributed by atoms with Crippen LogP contribution < -0.4 is 10.0 Å². The van der Waals surface area contributed by atoms with Crippen molar-refractivity contribution in [3.8, 4) is 0 Å². The summed E-state index contributed by atoms with van der Waals surface area (Å²) >= 11 is 0. The van der Waals surface area contributed by atoms with Crippen LogP contribution in [0.2, 0.25) is 0 Å². The van der Waals surface area contributed by atoms with Crippen molar-refractivity contribution in [2.24, 2.45) is 0 Å². The van der Waals surface area contributed by atoms with Gasteiger partial charge < -0.3 is 10.1 Å². The summed E-state index contributed by atoms with van der Waals surface area (Å²) in [6, 6.07) is 7.62. The summed E-state index contributed by atoms with van der Waals surface area (Å²) in [7, 11) is -2.92. The van der Waals surface area contributed by atoms with E-state index in [0.29, 0.717) is 25.0 Å². The van der Waals surface area contributed by atoms with Crippen molar-refractivity contribution >= 4 is 27.6 Å². The van der Waals surface area contributed by atoms with E-state index in [4.69, 9.17) is 4.74 Å². The highest BCUT2D eigenvalue weighted by Gasteiger charge is 2.35. The van der Waals surface area contributed by atoms with Crippen LogP contribution in [0.15, 0.2) is 47.4 Å². The lowest BCUT2D eigenvalue weighted by molar-refractivity contribution is -0.147. The Kier molecular flexibility index (Phi) is 7.14. The first-order valence-electron chi connectivity index (χ1n) is 9.01. The minimum Gasteiger partial charge on any atom is -0.467 e. The summed E-state index contributed by atoms with van der Waals surface area (Å²) in [6.45, 7) is 3.42. The molecular weight excluding hydrogens is 418 g/mol. The van der Waals surface area contributed by atoms with E-state index >= 15 is 0 Å². The number of sulfonamides is 1. The average Bonchev–Trinajstić information content (AvgIpc) is 2.69. The molecule has 0 aliphatic heterocycles. The molecular formula is C20H22F2N2O5S. The molecule has 30 heavy (non-hydrogen) atoms. The Labute approximate surface area is 173 Å². The number of hydrogen-bond acceptors (Lipinski definition) is 5. The fraction of sp³-hybridized carbons (Fsp3) is 0.300. The molecule has 0 saturated heterocycles. The normalized spacial score (nSPS) is 13.2. The highest BCUT2D eigenvalue weighted by Crippen LogP contribution is 2.20. The van der Waals surface area contributed by atoms with E-state index in [-0.39, 0.29) is 11.3 Å². The number of nitrogens with one attached hydrogen (secondary N) is 2. The number of anilines is 1. The number of halogens is 2. The van der Waals surface area contributed by atoms with Gasteiger partial charge in [0.05, 0.1) is 12.0 Å². The van der Waals surface area contributed by atoms with Crippen LogP contribution in [0, 0.1) is 11.6 Å². The number of carbonyl (C=O) groups excluding carboxylic acids is 2. The van der Waals surface area contributed by atoms with Crippen LogP contribution in [-0.2, 0) is 19.6 Å². The first kappa shape index (κ1) is 23.3. The summed E-state index contributed by atoms with van der Waals surface area (Å²) in [6.07, 6.45) is 1.01. The lowest BCUT2D eigenvalue weighted by atomic mass is 9.95. The molecule has 2 aromatic rings. The van der Waals surface area contributed by atoms with Gasteiger partial charge in [-0.15, -0.1) is 0 Å². The molecule has 1 atom stereocenters. The summed E-state index contributed by atoms with van der Waals surface area (Å²) in [5.41, 5.74) is -0.898. The maximum absolute atomic E-state index is 13.3. The predicted molar refractivity (Wildman–Crippen MR) is 106 cm³/mol. The first-order valence-corrected chi connectivity index (χ1v) is 10.5. The van der Waals surface area contributed by atoms with Gasteiger partial charge in [-0.2, -0.15) is 0 Å². The number of methoxy groups -OCH3 is 1. The molecule has 0 spiro atoms. The molecule has 0 bridgehead atoms. The number of benzene rings is 2. The van der Waals surface area contributed by atoms with E-state index in [2.05, 4.69) is 10.0 Å². The van der Waals surface area contributed by atoms with Crippen LogP contribution >= 0.6 is 0 Å². The number of rotatable bonds is 8. The lowest BCUT2D eigenvalue weighted by Gasteiger charge is -2.27. The molecule has 162 valence electrons. The predicted octanol–water partition coefficient (Wildman–Crippen LogP) is 3.23. The monoisotopic (exact) mass is 440 g/mol. The molecule has 0 aromatic heterocycles. The Balaban J connectivity index is 2.16. The summed E-state index contributed by atoms with van der Waals surface area (Å²) < 4.78 is 58.0. The van der Waals surface area contributed by atoms with Gasteiger partial charge in [-0.05, 0) is 55.8 Å². The molecule has 1 amide bonds. The average molecular weight is 440 g/mol. The van der Waals surface area contributed by atoms with Crippen LogP contribution in [0.3, 0.4) is 0 Å². The zero-order valence-corrected chi connectivity index (χ0v) is 17.5. The standard InChI is InChI=1S/C20H22F2N2O5S/c1-4-11-20(2,19(26)29-3)23-18(25)13-5-7-14(8-6-13)24-30(27,28)15-9-10-16(21)17(22)12-15/h5-10,12,24H,4,11H2,1-3H3,(H,23,25). The first-order chi connectivity index (χ1) is 14.0. The lowest BCUT2D eigenvalue weighted by Crippen LogP contribution is -2.52. The number of hydrogen-bond donors (Lipinski definition) is 2. The van der Waals surface area contributed by atoms with E-state index in [1.54, 1.807) is 6.92 Å². The molecule has 0 radical (unpaired) electrons. The van der Waals surface area contributed by atoms with Gasteiger partial charge in [-0.1, -0.05) is 13.3 Å². The fourth-order valence-electron chi connectivity index (χ4n) is 2.81.